The van der Waals surface area contributed by atoms with Crippen molar-refractivity contribution in [2.45, 2.75) is 69.9 Å². The molecule has 0 spiro atoms. The minimum absolute atomic E-state index is 0.173. The summed E-state index contributed by atoms with van der Waals surface area (Å²) < 4.78 is 24.5. The van der Waals surface area contributed by atoms with Crippen molar-refractivity contribution >= 4 is 22.7 Å². The number of anilines is 1. The summed E-state index contributed by atoms with van der Waals surface area (Å²) in [5, 5.41) is 8.30. The van der Waals surface area contributed by atoms with E-state index in [1.807, 2.05) is 0 Å². The smallest absolute Gasteiger partial charge is 0.223 e. The molecule has 1 aromatic carbocycles. The van der Waals surface area contributed by atoms with Gasteiger partial charge in [0.15, 0.2) is 11.4 Å². The number of benzene rings is 1. The second kappa shape index (κ2) is 11.2. The molecule has 5 rings (SSSR count). The van der Waals surface area contributed by atoms with E-state index in [1.54, 1.807) is 13.2 Å². The molecule has 2 aliphatic carbocycles. The van der Waals surface area contributed by atoms with Crippen LogP contribution < -0.4 is 10.2 Å². The van der Waals surface area contributed by atoms with Crippen molar-refractivity contribution in [1.29, 1.82) is 0 Å². The quantitative estimate of drug-likeness (QED) is 0.627. The Morgan fingerprint density at radius 1 is 1.09 bits per heavy atom. The van der Waals surface area contributed by atoms with Crippen LogP contribution in [0.2, 0.25) is 0 Å². The van der Waals surface area contributed by atoms with Crippen LogP contribution in [-0.2, 0) is 9.53 Å². The molecule has 0 bridgehead atoms. The Bertz CT molecular complexity index is 974. The Kier molecular flexibility index (Phi) is 7.88. The molecule has 8 heteroatoms. The van der Waals surface area contributed by atoms with Crippen LogP contribution in [0.4, 0.5) is 10.2 Å². The van der Waals surface area contributed by atoms with Crippen LogP contribution in [0.15, 0.2) is 22.7 Å². The summed E-state index contributed by atoms with van der Waals surface area (Å²) in [7, 11) is 1.77. The molecular formula is C27H39FN4O3. The van der Waals surface area contributed by atoms with Gasteiger partial charge in [-0.25, -0.2) is 4.39 Å². The first-order valence-electron chi connectivity index (χ1n) is 13.4. The van der Waals surface area contributed by atoms with Crippen molar-refractivity contribution in [2.75, 3.05) is 44.7 Å². The maximum atomic E-state index is 13.7. The Hall–Kier alpha value is -2.19. The lowest BCUT2D eigenvalue weighted by molar-refractivity contribution is -0.127. The summed E-state index contributed by atoms with van der Waals surface area (Å²) in [5.41, 5.74) is 0.633. The van der Waals surface area contributed by atoms with Crippen LogP contribution in [0.3, 0.4) is 0 Å². The lowest BCUT2D eigenvalue weighted by atomic mass is 9.83. The van der Waals surface area contributed by atoms with Crippen LogP contribution in [0, 0.1) is 17.7 Å². The highest BCUT2D eigenvalue weighted by molar-refractivity contribution is 5.88. The molecule has 2 aromatic rings. The normalized spacial score (nSPS) is 28.3. The fourth-order valence-electron chi connectivity index (χ4n) is 6.15. The predicted octanol–water partition coefficient (Wildman–Crippen LogP) is 4.36. The van der Waals surface area contributed by atoms with E-state index in [9.17, 15) is 9.18 Å². The largest absolute Gasteiger partial charge is 0.381 e. The van der Waals surface area contributed by atoms with Crippen molar-refractivity contribution in [3.8, 4) is 0 Å². The molecule has 1 aromatic heterocycles. The van der Waals surface area contributed by atoms with Gasteiger partial charge in [-0.3, -0.25) is 9.69 Å². The minimum atomic E-state index is -0.260. The molecule has 0 unspecified atom stereocenters. The lowest BCUT2D eigenvalue weighted by Gasteiger charge is -2.36. The molecule has 192 valence electrons. The Balaban J connectivity index is 0.998. The van der Waals surface area contributed by atoms with Crippen LogP contribution in [-0.4, -0.2) is 67.9 Å². The number of nitrogens with zero attached hydrogens (tertiary/aromatic N) is 3. The standard InChI is InChI=1S/C27H39FN4O3/c1-34-23-9-4-20(5-10-23)27(33)29-22-7-2-19(3-8-22)12-13-31-14-16-32(17-15-31)26-24-18-21(28)6-11-25(24)35-30-26/h6,11,18-20,22-23H,2-5,7-10,12-17H2,1H3,(H,29,33)/t19-,20?,22-,23?. The molecule has 35 heavy (non-hydrogen) atoms. The second-order valence-electron chi connectivity index (χ2n) is 10.7. The van der Waals surface area contributed by atoms with E-state index in [1.165, 1.54) is 31.4 Å². The van der Waals surface area contributed by atoms with Crippen LogP contribution >= 0.6 is 0 Å². The molecule has 0 atom stereocenters. The van der Waals surface area contributed by atoms with Crippen molar-refractivity contribution in [3.63, 3.8) is 0 Å². The monoisotopic (exact) mass is 486 g/mol. The fourth-order valence-corrected chi connectivity index (χ4v) is 6.15. The lowest BCUT2D eigenvalue weighted by Crippen LogP contribution is -2.47. The van der Waals surface area contributed by atoms with E-state index in [2.05, 4.69) is 20.3 Å². The zero-order valence-electron chi connectivity index (χ0n) is 20.9. The molecular weight excluding hydrogens is 447 g/mol. The maximum Gasteiger partial charge on any atom is 0.223 e. The zero-order chi connectivity index (χ0) is 24.2. The third kappa shape index (κ3) is 5.97. The van der Waals surface area contributed by atoms with Gasteiger partial charge < -0.3 is 19.5 Å². The van der Waals surface area contributed by atoms with Gasteiger partial charge in [-0.2, -0.15) is 0 Å². The first-order valence-corrected chi connectivity index (χ1v) is 13.4. The summed E-state index contributed by atoms with van der Waals surface area (Å²) in [6.07, 6.45) is 10.1. The summed E-state index contributed by atoms with van der Waals surface area (Å²) >= 11 is 0. The van der Waals surface area contributed by atoms with Gasteiger partial charge in [0, 0.05) is 45.2 Å². The summed E-state index contributed by atoms with van der Waals surface area (Å²) in [5.74, 6) is 1.69. The first kappa shape index (κ1) is 24.5. The number of methoxy groups -OCH3 is 1. The zero-order valence-corrected chi connectivity index (χ0v) is 20.9. The molecule has 2 heterocycles. The van der Waals surface area contributed by atoms with Gasteiger partial charge in [-0.1, -0.05) is 5.16 Å². The molecule has 0 radical (unpaired) electrons. The number of rotatable bonds is 7. The van der Waals surface area contributed by atoms with E-state index >= 15 is 0 Å². The topological polar surface area (TPSA) is 70.8 Å². The van der Waals surface area contributed by atoms with Gasteiger partial charge in [-0.15, -0.1) is 0 Å². The van der Waals surface area contributed by atoms with E-state index in [-0.39, 0.29) is 17.6 Å². The number of carbonyl (C=O) groups is 1. The Labute approximate surface area is 207 Å². The minimum Gasteiger partial charge on any atom is -0.381 e. The molecule has 7 nitrogen and oxygen atoms in total. The number of fused-ring (bicyclic) bond motifs is 1. The molecule has 3 fully saturated rings. The third-order valence-electron chi connectivity index (χ3n) is 8.51. The van der Waals surface area contributed by atoms with E-state index in [0.717, 1.165) is 88.4 Å². The molecule has 1 amide bonds. The average Bonchev–Trinajstić information content (AvgIpc) is 3.31. The highest BCUT2D eigenvalue weighted by Gasteiger charge is 2.29. The number of aromatic nitrogens is 1. The van der Waals surface area contributed by atoms with Gasteiger partial charge in [-0.05, 0) is 88.4 Å². The maximum absolute atomic E-state index is 13.7. The van der Waals surface area contributed by atoms with Gasteiger partial charge in [0.1, 0.15) is 5.82 Å². The average molecular weight is 487 g/mol. The van der Waals surface area contributed by atoms with Crippen LogP contribution in [0.25, 0.3) is 11.0 Å². The number of hydrogen-bond donors (Lipinski definition) is 1. The highest BCUT2D eigenvalue weighted by atomic mass is 19.1. The summed E-state index contributed by atoms with van der Waals surface area (Å²) in [6.45, 7) is 4.85. The SMILES string of the molecule is COC1CCC(C(=O)N[C@H]2CC[C@H](CCN3CCN(c4noc5ccc(F)cc45)CC3)CC2)CC1. The van der Waals surface area contributed by atoms with E-state index in [0.29, 0.717) is 17.7 Å². The summed E-state index contributed by atoms with van der Waals surface area (Å²) in [6, 6.07) is 4.91. The number of nitrogens with one attached hydrogen (secondary N) is 1. The van der Waals surface area contributed by atoms with Gasteiger partial charge in [0.2, 0.25) is 5.91 Å². The summed E-state index contributed by atoms with van der Waals surface area (Å²) in [4.78, 5) is 17.4. The molecule has 1 N–H and O–H groups in total. The van der Waals surface area contributed by atoms with Crippen LogP contribution in [0.1, 0.15) is 57.8 Å². The number of carbonyl (C=O) groups excluding carboxylic acids is 1. The Morgan fingerprint density at radius 2 is 1.83 bits per heavy atom. The van der Waals surface area contributed by atoms with E-state index in [4.69, 9.17) is 9.26 Å². The highest BCUT2D eigenvalue weighted by Crippen LogP contribution is 2.31. The molecule has 1 saturated heterocycles. The molecule has 3 aliphatic rings. The second-order valence-corrected chi connectivity index (χ2v) is 10.7. The van der Waals surface area contributed by atoms with Crippen LogP contribution in [0.5, 0.6) is 0 Å². The third-order valence-corrected chi connectivity index (χ3v) is 8.51. The van der Waals surface area contributed by atoms with E-state index < -0.39 is 0 Å². The number of halogens is 1. The van der Waals surface area contributed by atoms with Crippen molar-refractivity contribution in [2.24, 2.45) is 11.8 Å². The number of amides is 1. The fraction of sp³-hybridized carbons (Fsp3) is 0.704. The first-order chi connectivity index (χ1) is 17.1. The molecule has 2 saturated carbocycles. The number of hydrogen-bond acceptors (Lipinski definition) is 6. The van der Waals surface area contributed by atoms with Crippen molar-refractivity contribution < 1.29 is 18.4 Å². The van der Waals surface area contributed by atoms with Crippen molar-refractivity contribution in [1.82, 2.24) is 15.4 Å². The predicted molar refractivity (Wildman–Crippen MR) is 134 cm³/mol. The number of ether oxygens (including phenoxy) is 1. The Morgan fingerprint density at radius 3 is 2.54 bits per heavy atom. The van der Waals surface area contributed by atoms with Gasteiger partial charge in [0.25, 0.3) is 0 Å². The molecule has 1 aliphatic heterocycles. The van der Waals surface area contributed by atoms with Gasteiger partial charge >= 0.3 is 0 Å². The van der Waals surface area contributed by atoms with Crippen molar-refractivity contribution in [3.05, 3.63) is 24.0 Å². The number of piperazine rings is 1. The van der Waals surface area contributed by atoms with Gasteiger partial charge in [0.05, 0.1) is 11.5 Å².